The third kappa shape index (κ3) is 4.42. The van der Waals surface area contributed by atoms with E-state index in [1.165, 1.54) is 24.5 Å². The highest BCUT2D eigenvalue weighted by molar-refractivity contribution is 5.26. The van der Waals surface area contributed by atoms with Crippen molar-refractivity contribution in [2.75, 3.05) is 26.7 Å². The molecular formula is C19H27FN4. The number of aromatic nitrogens is 2. The lowest BCUT2D eigenvalue weighted by Crippen LogP contribution is -2.44. The molecule has 0 unspecified atom stereocenters. The summed E-state index contributed by atoms with van der Waals surface area (Å²) in [6.07, 6.45) is 6.19. The number of likely N-dealkylation sites (tertiary alicyclic amines) is 1. The van der Waals surface area contributed by atoms with Gasteiger partial charge in [0.25, 0.3) is 0 Å². The Hall–Kier alpha value is -1.72. The largest absolute Gasteiger partial charge is 0.301 e. The minimum atomic E-state index is -0.141. The lowest BCUT2D eigenvalue weighted by Gasteiger charge is -2.37. The zero-order valence-corrected chi connectivity index (χ0v) is 14.7. The van der Waals surface area contributed by atoms with Crippen LogP contribution in [0.1, 0.15) is 24.0 Å². The zero-order chi connectivity index (χ0) is 16.9. The van der Waals surface area contributed by atoms with E-state index in [0.29, 0.717) is 6.04 Å². The van der Waals surface area contributed by atoms with Crippen molar-refractivity contribution in [3.05, 3.63) is 53.6 Å². The summed E-state index contributed by atoms with van der Waals surface area (Å²) in [6, 6.07) is 7.63. The molecule has 1 saturated heterocycles. The van der Waals surface area contributed by atoms with Crippen LogP contribution >= 0.6 is 0 Å². The molecule has 4 nitrogen and oxygen atoms in total. The first-order valence-corrected chi connectivity index (χ1v) is 8.77. The Bertz CT molecular complexity index is 633. The van der Waals surface area contributed by atoms with E-state index in [1.54, 1.807) is 6.07 Å². The van der Waals surface area contributed by atoms with E-state index >= 15 is 0 Å². The molecule has 0 radical (unpaired) electrons. The second kappa shape index (κ2) is 7.90. The Morgan fingerprint density at radius 2 is 2.04 bits per heavy atom. The van der Waals surface area contributed by atoms with E-state index in [-0.39, 0.29) is 5.82 Å². The molecule has 5 heteroatoms. The lowest BCUT2D eigenvalue weighted by molar-refractivity contribution is 0.120. The summed E-state index contributed by atoms with van der Waals surface area (Å²) in [5.41, 5.74) is 2.26. The van der Waals surface area contributed by atoms with Crippen LogP contribution in [0.5, 0.6) is 0 Å². The van der Waals surface area contributed by atoms with E-state index < -0.39 is 0 Å². The molecule has 2 heterocycles. The Kier molecular flexibility index (Phi) is 5.63. The lowest BCUT2D eigenvalue weighted by atomic mass is 10.0. The molecule has 3 rings (SSSR count). The van der Waals surface area contributed by atoms with E-state index in [1.807, 2.05) is 29.2 Å². The number of rotatable bonds is 6. The molecule has 130 valence electrons. The molecule has 0 aliphatic carbocycles. The molecule has 0 bridgehead atoms. The van der Waals surface area contributed by atoms with Crippen LogP contribution in [0, 0.1) is 12.7 Å². The fourth-order valence-corrected chi connectivity index (χ4v) is 3.47. The summed E-state index contributed by atoms with van der Waals surface area (Å²) in [4.78, 5) is 4.89. The van der Waals surface area contributed by atoms with Crippen molar-refractivity contribution in [3.63, 3.8) is 0 Å². The molecule has 1 aliphatic heterocycles. The number of hydrogen-bond donors (Lipinski definition) is 0. The second-order valence-corrected chi connectivity index (χ2v) is 6.83. The molecular weight excluding hydrogens is 303 g/mol. The summed E-state index contributed by atoms with van der Waals surface area (Å²) in [5.74, 6) is -0.141. The van der Waals surface area contributed by atoms with Crippen molar-refractivity contribution < 1.29 is 4.39 Å². The predicted octanol–water partition coefficient (Wildman–Crippen LogP) is 2.93. The SMILES string of the molecule is Cc1ccc(F)cc1CN(C)C1CCN(CCn2cccn2)CC1. The summed E-state index contributed by atoms with van der Waals surface area (Å²) in [7, 11) is 2.16. The van der Waals surface area contributed by atoms with Crippen molar-refractivity contribution in [1.29, 1.82) is 0 Å². The molecule has 0 amide bonds. The molecule has 0 spiro atoms. The summed E-state index contributed by atoms with van der Waals surface area (Å²) >= 11 is 0. The minimum Gasteiger partial charge on any atom is -0.301 e. The number of hydrogen-bond acceptors (Lipinski definition) is 3. The maximum Gasteiger partial charge on any atom is 0.123 e. The third-order valence-electron chi connectivity index (χ3n) is 5.12. The van der Waals surface area contributed by atoms with Gasteiger partial charge in [-0.15, -0.1) is 0 Å². The van der Waals surface area contributed by atoms with Gasteiger partial charge in [-0.25, -0.2) is 4.39 Å². The smallest absolute Gasteiger partial charge is 0.123 e. The van der Waals surface area contributed by atoms with E-state index in [4.69, 9.17) is 0 Å². The van der Waals surface area contributed by atoms with Crippen molar-refractivity contribution in [3.8, 4) is 0 Å². The van der Waals surface area contributed by atoms with Crippen LogP contribution in [0.2, 0.25) is 0 Å². The van der Waals surface area contributed by atoms with Crippen LogP contribution in [0.4, 0.5) is 4.39 Å². The van der Waals surface area contributed by atoms with Gasteiger partial charge in [0.05, 0.1) is 6.54 Å². The third-order valence-corrected chi connectivity index (χ3v) is 5.12. The Morgan fingerprint density at radius 1 is 1.25 bits per heavy atom. The molecule has 0 N–H and O–H groups in total. The van der Waals surface area contributed by atoms with Gasteiger partial charge in [-0.05, 0) is 69.2 Å². The van der Waals surface area contributed by atoms with Gasteiger partial charge in [0.15, 0.2) is 0 Å². The first-order chi connectivity index (χ1) is 11.6. The van der Waals surface area contributed by atoms with Gasteiger partial charge >= 0.3 is 0 Å². The number of piperidine rings is 1. The number of halogens is 1. The molecule has 24 heavy (non-hydrogen) atoms. The van der Waals surface area contributed by atoms with E-state index in [0.717, 1.165) is 38.3 Å². The Labute approximate surface area is 143 Å². The monoisotopic (exact) mass is 330 g/mol. The highest BCUT2D eigenvalue weighted by Crippen LogP contribution is 2.19. The molecule has 0 saturated carbocycles. The summed E-state index contributed by atoms with van der Waals surface area (Å²) < 4.78 is 15.5. The number of nitrogens with zero attached hydrogens (tertiary/aromatic N) is 4. The average molecular weight is 330 g/mol. The quantitative estimate of drug-likeness (QED) is 0.814. The average Bonchev–Trinajstić information content (AvgIpc) is 3.10. The first-order valence-electron chi connectivity index (χ1n) is 8.77. The van der Waals surface area contributed by atoms with E-state index in [9.17, 15) is 4.39 Å². The maximum absolute atomic E-state index is 13.5. The van der Waals surface area contributed by atoms with Crippen LogP contribution in [0.25, 0.3) is 0 Å². The van der Waals surface area contributed by atoms with Crippen LogP contribution in [-0.2, 0) is 13.1 Å². The number of aryl methyl sites for hydroxylation is 1. The normalized spacial score (nSPS) is 16.8. The fourth-order valence-electron chi connectivity index (χ4n) is 3.47. The molecule has 1 aliphatic rings. The van der Waals surface area contributed by atoms with Crippen LogP contribution in [0.15, 0.2) is 36.7 Å². The van der Waals surface area contributed by atoms with Crippen molar-refractivity contribution in [2.45, 2.75) is 38.9 Å². The second-order valence-electron chi connectivity index (χ2n) is 6.83. The predicted molar refractivity (Wildman–Crippen MR) is 94.3 cm³/mol. The molecule has 1 aromatic heterocycles. The molecule has 1 aromatic carbocycles. The summed E-state index contributed by atoms with van der Waals surface area (Å²) in [6.45, 7) is 7.13. The van der Waals surface area contributed by atoms with Gasteiger partial charge < -0.3 is 4.90 Å². The summed E-state index contributed by atoms with van der Waals surface area (Å²) in [5, 5.41) is 4.26. The van der Waals surface area contributed by atoms with Gasteiger partial charge in [0.1, 0.15) is 5.82 Å². The van der Waals surface area contributed by atoms with Gasteiger partial charge in [-0.1, -0.05) is 6.07 Å². The maximum atomic E-state index is 13.5. The number of benzene rings is 1. The standard InChI is InChI=1S/C19H27FN4/c1-16-4-5-18(20)14-17(16)15-22(2)19-6-10-23(11-7-19)12-13-24-9-3-8-21-24/h3-5,8-9,14,19H,6-7,10-13,15H2,1-2H3. The topological polar surface area (TPSA) is 24.3 Å². The fraction of sp³-hybridized carbons (Fsp3) is 0.526. The van der Waals surface area contributed by atoms with Gasteiger partial charge in [-0.2, -0.15) is 5.10 Å². The van der Waals surface area contributed by atoms with Crippen LogP contribution in [-0.4, -0.2) is 52.3 Å². The van der Waals surface area contributed by atoms with Crippen LogP contribution in [0.3, 0.4) is 0 Å². The Morgan fingerprint density at radius 3 is 2.75 bits per heavy atom. The molecule has 2 aromatic rings. The van der Waals surface area contributed by atoms with Gasteiger partial charge in [0.2, 0.25) is 0 Å². The van der Waals surface area contributed by atoms with Crippen molar-refractivity contribution in [1.82, 2.24) is 19.6 Å². The first kappa shape index (κ1) is 17.1. The zero-order valence-electron chi connectivity index (χ0n) is 14.7. The molecule has 0 atom stereocenters. The van der Waals surface area contributed by atoms with Crippen molar-refractivity contribution in [2.24, 2.45) is 0 Å². The highest BCUT2D eigenvalue weighted by Gasteiger charge is 2.22. The van der Waals surface area contributed by atoms with Crippen molar-refractivity contribution >= 4 is 0 Å². The highest BCUT2D eigenvalue weighted by atomic mass is 19.1. The van der Waals surface area contributed by atoms with Crippen LogP contribution < -0.4 is 0 Å². The minimum absolute atomic E-state index is 0.141. The Balaban J connectivity index is 1.46. The molecule has 1 fully saturated rings. The van der Waals surface area contributed by atoms with Gasteiger partial charge in [-0.3, -0.25) is 9.58 Å². The van der Waals surface area contributed by atoms with Gasteiger partial charge in [0, 0.05) is 31.5 Å². The van der Waals surface area contributed by atoms with E-state index in [2.05, 4.69) is 28.9 Å².